The number of nitrogens with zero attached hydrogens (tertiary/aromatic N) is 2. The van der Waals surface area contributed by atoms with Crippen molar-refractivity contribution in [3.63, 3.8) is 0 Å². The summed E-state index contributed by atoms with van der Waals surface area (Å²) in [6, 6.07) is 0.0225. The third-order valence-corrected chi connectivity index (χ3v) is 4.44. The molecule has 1 aromatic rings. The maximum Gasteiger partial charge on any atom is 0.131 e. The number of hydrogen-bond acceptors (Lipinski definition) is 3. The average molecular weight is 261 g/mol. The zero-order chi connectivity index (χ0) is 13.8. The number of hydrogen-bond donors (Lipinski definition) is 1. The predicted octanol–water partition coefficient (Wildman–Crippen LogP) is 3.88. The van der Waals surface area contributed by atoms with Gasteiger partial charge in [0, 0.05) is 29.4 Å². The summed E-state index contributed by atoms with van der Waals surface area (Å²) in [4.78, 5) is 9.26. The van der Waals surface area contributed by atoms with Crippen LogP contribution in [0.2, 0.25) is 0 Å². The normalized spacial score (nSPS) is 25.3. The first kappa shape index (κ1) is 14.4. The molecule has 2 rings (SSSR count). The molecule has 0 saturated heterocycles. The molecule has 0 amide bonds. The first-order valence-electron chi connectivity index (χ1n) is 7.70. The van der Waals surface area contributed by atoms with Gasteiger partial charge in [-0.25, -0.2) is 9.97 Å². The molecular weight excluding hydrogens is 234 g/mol. The molecule has 1 atom stereocenters. The second-order valence-electron chi connectivity index (χ2n) is 6.06. The largest absolute Gasteiger partial charge is 0.324 e. The molecule has 106 valence electrons. The van der Waals surface area contributed by atoms with Gasteiger partial charge in [0.05, 0.1) is 0 Å². The van der Waals surface area contributed by atoms with Gasteiger partial charge in [-0.1, -0.05) is 19.8 Å². The SMILES string of the molecule is CCCC1CCC(c2ncc([C@H](C)N)c(C)n2)CC1. The first-order valence-corrected chi connectivity index (χ1v) is 7.70. The van der Waals surface area contributed by atoms with Crippen LogP contribution in [0.3, 0.4) is 0 Å². The number of aryl methyl sites for hydroxylation is 1. The Balaban J connectivity index is 2.02. The third kappa shape index (κ3) is 3.53. The van der Waals surface area contributed by atoms with E-state index in [4.69, 9.17) is 10.7 Å². The highest BCUT2D eigenvalue weighted by atomic mass is 14.9. The van der Waals surface area contributed by atoms with Crippen molar-refractivity contribution < 1.29 is 0 Å². The van der Waals surface area contributed by atoms with Crippen LogP contribution in [0.25, 0.3) is 0 Å². The van der Waals surface area contributed by atoms with Crippen molar-refractivity contribution in [3.8, 4) is 0 Å². The van der Waals surface area contributed by atoms with Gasteiger partial charge in [-0.15, -0.1) is 0 Å². The molecule has 1 aliphatic carbocycles. The van der Waals surface area contributed by atoms with Crippen LogP contribution >= 0.6 is 0 Å². The standard InChI is InChI=1S/C16H27N3/c1-4-5-13-6-8-14(9-7-13)16-18-10-15(11(2)17)12(3)19-16/h10-11,13-14H,4-9,17H2,1-3H3/t11-,13?,14?/m0/s1. The van der Waals surface area contributed by atoms with E-state index in [2.05, 4.69) is 11.9 Å². The molecule has 1 heterocycles. The van der Waals surface area contributed by atoms with Crippen molar-refractivity contribution >= 4 is 0 Å². The van der Waals surface area contributed by atoms with E-state index in [1.807, 2.05) is 20.0 Å². The number of rotatable bonds is 4. The summed E-state index contributed by atoms with van der Waals surface area (Å²) in [6.45, 7) is 6.32. The van der Waals surface area contributed by atoms with Gasteiger partial charge in [-0.05, 0) is 45.4 Å². The maximum atomic E-state index is 5.91. The van der Waals surface area contributed by atoms with Crippen LogP contribution in [0.5, 0.6) is 0 Å². The minimum atomic E-state index is 0.0225. The Labute approximate surface area is 117 Å². The summed E-state index contributed by atoms with van der Waals surface area (Å²) < 4.78 is 0. The zero-order valence-electron chi connectivity index (χ0n) is 12.5. The predicted molar refractivity (Wildman–Crippen MR) is 79.0 cm³/mol. The highest BCUT2D eigenvalue weighted by Crippen LogP contribution is 2.36. The quantitative estimate of drug-likeness (QED) is 0.895. The number of aromatic nitrogens is 2. The Kier molecular flexibility index (Phi) is 4.92. The van der Waals surface area contributed by atoms with E-state index in [0.29, 0.717) is 5.92 Å². The van der Waals surface area contributed by atoms with Gasteiger partial charge in [0.2, 0.25) is 0 Å². The second-order valence-corrected chi connectivity index (χ2v) is 6.06. The zero-order valence-corrected chi connectivity index (χ0v) is 12.5. The summed E-state index contributed by atoms with van der Waals surface area (Å²) in [7, 11) is 0. The Morgan fingerprint density at radius 1 is 1.32 bits per heavy atom. The fraction of sp³-hybridized carbons (Fsp3) is 0.750. The van der Waals surface area contributed by atoms with Crippen LogP contribution in [-0.4, -0.2) is 9.97 Å². The Morgan fingerprint density at radius 2 is 2.00 bits per heavy atom. The van der Waals surface area contributed by atoms with Gasteiger partial charge >= 0.3 is 0 Å². The molecule has 1 aliphatic rings. The molecule has 0 bridgehead atoms. The van der Waals surface area contributed by atoms with Gasteiger partial charge < -0.3 is 5.73 Å². The minimum absolute atomic E-state index is 0.0225. The summed E-state index contributed by atoms with van der Waals surface area (Å²) in [5, 5.41) is 0. The molecule has 19 heavy (non-hydrogen) atoms. The lowest BCUT2D eigenvalue weighted by Crippen LogP contribution is -2.17. The maximum absolute atomic E-state index is 5.91. The smallest absolute Gasteiger partial charge is 0.131 e. The summed E-state index contributed by atoms with van der Waals surface area (Å²) >= 11 is 0. The van der Waals surface area contributed by atoms with Crippen molar-refractivity contribution in [3.05, 3.63) is 23.3 Å². The minimum Gasteiger partial charge on any atom is -0.324 e. The van der Waals surface area contributed by atoms with Crippen LogP contribution in [0.1, 0.15) is 81.4 Å². The molecule has 2 N–H and O–H groups in total. The van der Waals surface area contributed by atoms with Gasteiger partial charge in [-0.2, -0.15) is 0 Å². The van der Waals surface area contributed by atoms with Gasteiger partial charge in [0.25, 0.3) is 0 Å². The lowest BCUT2D eigenvalue weighted by molar-refractivity contribution is 0.302. The van der Waals surface area contributed by atoms with E-state index in [-0.39, 0.29) is 6.04 Å². The van der Waals surface area contributed by atoms with Crippen LogP contribution in [0.15, 0.2) is 6.20 Å². The van der Waals surface area contributed by atoms with Crippen molar-refractivity contribution in [1.29, 1.82) is 0 Å². The molecule has 0 unspecified atom stereocenters. The van der Waals surface area contributed by atoms with Crippen molar-refractivity contribution in [2.24, 2.45) is 11.7 Å². The third-order valence-electron chi connectivity index (χ3n) is 4.44. The van der Waals surface area contributed by atoms with E-state index >= 15 is 0 Å². The number of nitrogens with two attached hydrogens (primary N) is 1. The van der Waals surface area contributed by atoms with E-state index in [1.54, 1.807) is 0 Å². The summed E-state index contributed by atoms with van der Waals surface area (Å²) in [6.07, 6.45) is 9.82. The highest BCUT2D eigenvalue weighted by Gasteiger charge is 2.24. The van der Waals surface area contributed by atoms with Crippen LogP contribution in [-0.2, 0) is 0 Å². The van der Waals surface area contributed by atoms with Crippen molar-refractivity contribution in [2.45, 2.75) is 71.3 Å². The summed E-state index contributed by atoms with van der Waals surface area (Å²) in [5.74, 6) is 2.54. The first-order chi connectivity index (χ1) is 9.11. The van der Waals surface area contributed by atoms with E-state index < -0.39 is 0 Å². The highest BCUT2D eigenvalue weighted by molar-refractivity contribution is 5.20. The molecule has 1 fully saturated rings. The van der Waals surface area contributed by atoms with Gasteiger partial charge in [0.15, 0.2) is 0 Å². The molecule has 3 heteroatoms. The molecule has 0 aromatic carbocycles. The topological polar surface area (TPSA) is 51.8 Å². The van der Waals surface area contributed by atoms with Crippen LogP contribution in [0, 0.1) is 12.8 Å². The Bertz CT molecular complexity index is 406. The Morgan fingerprint density at radius 3 is 2.53 bits per heavy atom. The fourth-order valence-electron chi connectivity index (χ4n) is 3.26. The Hall–Kier alpha value is -0.960. The van der Waals surface area contributed by atoms with E-state index in [0.717, 1.165) is 23.0 Å². The van der Waals surface area contributed by atoms with Gasteiger partial charge in [-0.3, -0.25) is 0 Å². The van der Waals surface area contributed by atoms with Crippen molar-refractivity contribution in [2.75, 3.05) is 0 Å². The van der Waals surface area contributed by atoms with Gasteiger partial charge in [0.1, 0.15) is 5.82 Å². The van der Waals surface area contributed by atoms with E-state index in [1.165, 1.54) is 38.5 Å². The van der Waals surface area contributed by atoms with Crippen LogP contribution in [0.4, 0.5) is 0 Å². The lowest BCUT2D eigenvalue weighted by Gasteiger charge is -2.27. The monoisotopic (exact) mass is 261 g/mol. The van der Waals surface area contributed by atoms with Crippen molar-refractivity contribution in [1.82, 2.24) is 9.97 Å². The van der Waals surface area contributed by atoms with Crippen LogP contribution < -0.4 is 5.73 Å². The molecule has 1 aromatic heterocycles. The molecule has 0 radical (unpaired) electrons. The average Bonchev–Trinajstić information content (AvgIpc) is 2.39. The molecule has 1 saturated carbocycles. The second kappa shape index (κ2) is 6.47. The molecule has 0 spiro atoms. The van der Waals surface area contributed by atoms with E-state index in [9.17, 15) is 0 Å². The molecule has 3 nitrogen and oxygen atoms in total. The molecular formula is C16H27N3. The summed E-state index contributed by atoms with van der Waals surface area (Å²) in [5.41, 5.74) is 8.04. The molecule has 0 aliphatic heterocycles. The lowest BCUT2D eigenvalue weighted by atomic mass is 9.79. The fourth-order valence-corrected chi connectivity index (χ4v) is 3.26.